The summed E-state index contributed by atoms with van der Waals surface area (Å²) in [6.07, 6.45) is 0. The van der Waals surface area contributed by atoms with E-state index in [0.717, 1.165) is 0 Å². The van der Waals surface area contributed by atoms with E-state index in [1.54, 1.807) is 12.1 Å². The third kappa shape index (κ3) is 3.64. The second-order valence-electron chi connectivity index (χ2n) is 5.30. The third-order valence-corrected chi connectivity index (χ3v) is 2.49. The maximum Gasteiger partial charge on any atom is 0.335 e. The standard InChI is InChI=1S/C14H16N2O4/c1-14(2,3)19-8-11-15-12(16-20-11)9-4-6-10(7-5-9)13(17)18/h4-7H,8H2,1-3H3,(H,17,18). The summed E-state index contributed by atoms with van der Waals surface area (Å²) in [5.41, 5.74) is 0.631. The number of aromatic carboxylic acids is 1. The van der Waals surface area contributed by atoms with Crippen molar-refractivity contribution in [3.05, 3.63) is 35.7 Å². The van der Waals surface area contributed by atoms with Gasteiger partial charge in [0.1, 0.15) is 6.61 Å². The predicted octanol–water partition coefficient (Wildman–Crippen LogP) is 2.75. The van der Waals surface area contributed by atoms with Crippen LogP contribution in [0.3, 0.4) is 0 Å². The molecular formula is C14H16N2O4. The molecule has 0 saturated heterocycles. The quantitative estimate of drug-likeness (QED) is 0.924. The minimum absolute atomic E-state index is 0.216. The summed E-state index contributed by atoms with van der Waals surface area (Å²) in [4.78, 5) is 15.0. The summed E-state index contributed by atoms with van der Waals surface area (Å²) < 4.78 is 10.6. The van der Waals surface area contributed by atoms with E-state index in [0.29, 0.717) is 17.3 Å². The normalized spacial score (nSPS) is 11.6. The molecule has 0 spiro atoms. The van der Waals surface area contributed by atoms with E-state index in [1.807, 2.05) is 20.8 Å². The van der Waals surface area contributed by atoms with Gasteiger partial charge in [-0.15, -0.1) is 0 Å². The lowest BCUT2D eigenvalue weighted by atomic mass is 10.1. The first-order valence-corrected chi connectivity index (χ1v) is 6.15. The van der Waals surface area contributed by atoms with Crippen molar-refractivity contribution in [1.82, 2.24) is 10.1 Å². The maximum atomic E-state index is 10.8. The molecule has 6 nitrogen and oxygen atoms in total. The second kappa shape index (κ2) is 5.42. The summed E-state index contributed by atoms with van der Waals surface area (Å²) >= 11 is 0. The Labute approximate surface area is 116 Å². The molecule has 1 aromatic heterocycles. The van der Waals surface area contributed by atoms with Gasteiger partial charge >= 0.3 is 5.97 Å². The smallest absolute Gasteiger partial charge is 0.335 e. The number of rotatable bonds is 4. The second-order valence-corrected chi connectivity index (χ2v) is 5.30. The van der Waals surface area contributed by atoms with Crippen molar-refractivity contribution in [2.45, 2.75) is 33.0 Å². The Morgan fingerprint density at radius 1 is 1.30 bits per heavy atom. The fourth-order valence-corrected chi connectivity index (χ4v) is 1.47. The van der Waals surface area contributed by atoms with Crippen LogP contribution in [0.5, 0.6) is 0 Å². The molecule has 0 radical (unpaired) electrons. The lowest BCUT2D eigenvalue weighted by molar-refractivity contribution is -0.0260. The molecule has 1 heterocycles. The van der Waals surface area contributed by atoms with Crippen LogP contribution >= 0.6 is 0 Å². The Hall–Kier alpha value is -2.21. The van der Waals surface area contributed by atoms with Crippen LogP contribution in [0.25, 0.3) is 11.4 Å². The molecule has 0 aliphatic carbocycles. The van der Waals surface area contributed by atoms with E-state index in [9.17, 15) is 4.79 Å². The number of hydrogen-bond donors (Lipinski definition) is 1. The van der Waals surface area contributed by atoms with Gasteiger partial charge in [0.05, 0.1) is 11.2 Å². The van der Waals surface area contributed by atoms with Gasteiger partial charge in [-0.2, -0.15) is 4.98 Å². The van der Waals surface area contributed by atoms with Crippen LogP contribution in [0.2, 0.25) is 0 Å². The molecule has 1 N–H and O–H groups in total. The number of nitrogens with zero attached hydrogens (tertiary/aromatic N) is 2. The highest BCUT2D eigenvalue weighted by molar-refractivity contribution is 5.88. The topological polar surface area (TPSA) is 85.5 Å². The molecule has 0 bridgehead atoms. The number of aromatic nitrogens is 2. The SMILES string of the molecule is CC(C)(C)OCc1nc(-c2ccc(C(=O)O)cc2)no1. The first kappa shape index (κ1) is 14.2. The Morgan fingerprint density at radius 3 is 2.50 bits per heavy atom. The lowest BCUT2D eigenvalue weighted by Gasteiger charge is -2.17. The molecule has 0 amide bonds. The van der Waals surface area contributed by atoms with Crippen LogP contribution in [0, 0.1) is 0 Å². The first-order valence-electron chi connectivity index (χ1n) is 6.15. The number of benzene rings is 1. The van der Waals surface area contributed by atoms with Crippen molar-refractivity contribution < 1.29 is 19.2 Å². The van der Waals surface area contributed by atoms with Crippen LogP contribution < -0.4 is 0 Å². The average Bonchev–Trinajstić information content (AvgIpc) is 2.84. The van der Waals surface area contributed by atoms with Gasteiger partial charge in [-0.1, -0.05) is 17.3 Å². The lowest BCUT2D eigenvalue weighted by Crippen LogP contribution is -2.18. The van der Waals surface area contributed by atoms with Crippen LogP contribution in [0.1, 0.15) is 37.0 Å². The van der Waals surface area contributed by atoms with Gasteiger partial charge in [0.25, 0.3) is 5.89 Å². The van der Waals surface area contributed by atoms with Crippen LogP contribution in [0.15, 0.2) is 28.8 Å². The fourth-order valence-electron chi connectivity index (χ4n) is 1.47. The van der Waals surface area contributed by atoms with Crippen molar-refractivity contribution in [2.24, 2.45) is 0 Å². The Kier molecular flexibility index (Phi) is 3.85. The summed E-state index contributed by atoms with van der Waals surface area (Å²) in [5, 5.41) is 12.7. The highest BCUT2D eigenvalue weighted by Crippen LogP contribution is 2.18. The van der Waals surface area contributed by atoms with Crippen LogP contribution in [-0.2, 0) is 11.3 Å². The molecule has 2 rings (SSSR count). The highest BCUT2D eigenvalue weighted by atomic mass is 16.5. The maximum absolute atomic E-state index is 10.8. The van der Waals surface area contributed by atoms with Crippen LogP contribution in [-0.4, -0.2) is 26.8 Å². The van der Waals surface area contributed by atoms with E-state index >= 15 is 0 Å². The van der Waals surface area contributed by atoms with Gasteiger partial charge in [-0.05, 0) is 32.9 Å². The molecule has 2 aromatic rings. The molecule has 20 heavy (non-hydrogen) atoms. The zero-order valence-corrected chi connectivity index (χ0v) is 11.6. The number of carbonyl (C=O) groups is 1. The summed E-state index contributed by atoms with van der Waals surface area (Å²) in [6, 6.07) is 6.28. The average molecular weight is 276 g/mol. The van der Waals surface area contributed by atoms with E-state index in [4.69, 9.17) is 14.4 Å². The number of ether oxygens (including phenoxy) is 1. The zero-order valence-electron chi connectivity index (χ0n) is 11.6. The van der Waals surface area contributed by atoms with Gasteiger partial charge in [0.15, 0.2) is 0 Å². The summed E-state index contributed by atoms with van der Waals surface area (Å²) in [5.74, 6) is -0.171. The molecule has 6 heteroatoms. The van der Waals surface area contributed by atoms with E-state index in [-0.39, 0.29) is 17.8 Å². The largest absolute Gasteiger partial charge is 0.478 e. The molecule has 0 saturated carbocycles. The molecular weight excluding hydrogens is 260 g/mol. The van der Waals surface area contributed by atoms with Crippen LogP contribution in [0.4, 0.5) is 0 Å². The minimum atomic E-state index is -0.969. The fraction of sp³-hybridized carbons (Fsp3) is 0.357. The molecule has 0 unspecified atom stereocenters. The number of carboxylic acid groups (broad SMARTS) is 1. The van der Waals surface area contributed by atoms with E-state index in [2.05, 4.69) is 10.1 Å². The Morgan fingerprint density at radius 2 is 1.95 bits per heavy atom. The van der Waals surface area contributed by atoms with Gasteiger partial charge in [-0.25, -0.2) is 4.79 Å². The van der Waals surface area contributed by atoms with Gasteiger partial charge < -0.3 is 14.4 Å². The molecule has 0 aliphatic heterocycles. The highest BCUT2D eigenvalue weighted by Gasteiger charge is 2.14. The Bertz CT molecular complexity index is 596. The van der Waals surface area contributed by atoms with Crippen molar-refractivity contribution in [1.29, 1.82) is 0 Å². The number of hydrogen-bond acceptors (Lipinski definition) is 5. The van der Waals surface area contributed by atoms with Gasteiger partial charge in [0.2, 0.25) is 5.82 Å². The summed E-state index contributed by atoms with van der Waals surface area (Å²) in [7, 11) is 0. The molecule has 1 aromatic carbocycles. The molecule has 0 atom stereocenters. The van der Waals surface area contributed by atoms with Gasteiger partial charge in [-0.3, -0.25) is 0 Å². The molecule has 0 aliphatic rings. The third-order valence-electron chi connectivity index (χ3n) is 2.49. The predicted molar refractivity (Wildman–Crippen MR) is 71.2 cm³/mol. The minimum Gasteiger partial charge on any atom is -0.478 e. The molecule has 106 valence electrons. The van der Waals surface area contributed by atoms with Crippen molar-refractivity contribution in [3.63, 3.8) is 0 Å². The monoisotopic (exact) mass is 276 g/mol. The van der Waals surface area contributed by atoms with E-state index in [1.165, 1.54) is 12.1 Å². The van der Waals surface area contributed by atoms with Crippen molar-refractivity contribution in [3.8, 4) is 11.4 Å². The molecule has 0 fully saturated rings. The van der Waals surface area contributed by atoms with E-state index < -0.39 is 5.97 Å². The summed E-state index contributed by atoms with van der Waals surface area (Å²) in [6.45, 7) is 6.06. The zero-order chi connectivity index (χ0) is 14.8. The first-order chi connectivity index (χ1) is 9.35. The van der Waals surface area contributed by atoms with Gasteiger partial charge in [0, 0.05) is 5.56 Å². The number of carboxylic acids is 1. The Balaban J connectivity index is 2.10. The van der Waals surface area contributed by atoms with Crippen molar-refractivity contribution >= 4 is 5.97 Å². The van der Waals surface area contributed by atoms with Crippen molar-refractivity contribution in [2.75, 3.05) is 0 Å².